The van der Waals surface area contributed by atoms with E-state index < -0.39 is 35.3 Å². The number of aromatic nitrogens is 2. The van der Waals surface area contributed by atoms with Crippen LogP contribution in [0.5, 0.6) is 5.75 Å². The molecule has 1 amide bonds. The van der Waals surface area contributed by atoms with Crippen LogP contribution in [0.3, 0.4) is 0 Å². The van der Waals surface area contributed by atoms with Crippen molar-refractivity contribution in [2.75, 3.05) is 11.9 Å². The third-order valence-corrected chi connectivity index (χ3v) is 6.25. The smallest absolute Gasteiger partial charge is 0.416 e. The van der Waals surface area contributed by atoms with Gasteiger partial charge in [-0.1, -0.05) is 6.07 Å². The fraction of sp³-hybridized carbons (Fsp3) is 0.231. The number of rotatable bonds is 5. The van der Waals surface area contributed by atoms with Crippen molar-refractivity contribution >= 4 is 17.2 Å². The molecule has 3 heterocycles. The van der Waals surface area contributed by atoms with E-state index in [2.05, 4.69) is 15.6 Å². The molecular weight excluding hydrogens is 495 g/mol. The van der Waals surface area contributed by atoms with Crippen LogP contribution in [0, 0.1) is 18.6 Å². The van der Waals surface area contributed by atoms with E-state index >= 15 is 0 Å². The summed E-state index contributed by atoms with van der Waals surface area (Å²) in [5, 5.41) is 5.89. The summed E-state index contributed by atoms with van der Waals surface area (Å²) >= 11 is 0. The topological polar surface area (TPSA) is 67.7 Å². The molecule has 1 aliphatic heterocycles. The second-order valence-corrected chi connectivity index (χ2v) is 8.64. The second kappa shape index (κ2) is 9.38. The molecule has 0 aliphatic carbocycles. The summed E-state index contributed by atoms with van der Waals surface area (Å²) in [6.07, 6.45) is -2.54. The molecule has 4 aromatic rings. The number of hydrogen-bond donors (Lipinski definition) is 2. The van der Waals surface area contributed by atoms with Gasteiger partial charge in [0.05, 0.1) is 22.9 Å². The third-order valence-electron chi connectivity index (χ3n) is 6.25. The van der Waals surface area contributed by atoms with Crippen molar-refractivity contribution in [1.82, 2.24) is 14.7 Å². The van der Waals surface area contributed by atoms with Crippen LogP contribution >= 0.6 is 0 Å². The zero-order valence-electron chi connectivity index (χ0n) is 19.5. The number of hydrogen-bond acceptors (Lipinski definition) is 4. The van der Waals surface area contributed by atoms with E-state index in [0.717, 1.165) is 24.3 Å². The SMILES string of the molecule is Cc1nc2c(OCc3c(F)cccc3F)cccn2c1C(=O)NC1CCNc2ccc(C(F)(F)F)cc21. The number of nitrogens with one attached hydrogen (secondary N) is 2. The molecule has 2 aromatic heterocycles. The highest BCUT2D eigenvalue weighted by molar-refractivity contribution is 5.95. The maximum absolute atomic E-state index is 14.0. The summed E-state index contributed by atoms with van der Waals surface area (Å²) < 4.78 is 75.0. The number of pyridine rings is 1. The van der Waals surface area contributed by atoms with E-state index in [4.69, 9.17) is 4.74 Å². The molecule has 1 aliphatic rings. The summed E-state index contributed by atoms with van der Waals surface area (Å²) in [7, 11) is 0. The molecule has 1 atom stereocenters. The number of alkyl halides is 3. The molecule has 37 heavy (non-hydrogen) atoms. The van der Waals surface area contributed by atoms with Crippen LogP contribution in [0.2, 0.25) is 0 Å². The van der Waals surface area contributed by atoms with E-state index in [1.54, 1.807) is 25.3 Å². The van der Waals surface area contributed by atoms with Gasteiger partial charge in [-0.25, -0.2) is 13.8 Å². The summed E-state index contributed by atoms with van der Waals surface area (Å²) in [5.41, 5.74) is 0.606. The van der Waals surface area contributed by atoms with Crippen molar-refractivity contribution in [1.29, 1.82) is 0 Å². The van der Waals surface area contributed by atoms with E-state index in [-0.39, 0.29) is 29.3 Å². The standard InChI is InChI=1S/C26H21F5N4O2/c1-14-23(25(36)34-21-9-10-32-20-8-7-15(12-16(20)21)26(29,30)31)35-11-3-6-22(24(35)33-14)37-13-17-18(27)4-2-5-19(17)28/h2-8,11-12,21,32H,9-10,13H2,1H3,(H,34,36). The van der Waals surface area contributed by atoms with Gasteiger partial charge in [-0.05, 0) is 61.4 Å². The van der Waals surface area contributed by atoms with E-state index in [1.807, 2.05) is 0 Å². The molecule has 2 N–H and O–H groups in total. The number of nitrogens with zero attached hydrogens (tertiary/aromatic N) is 2. The highest BCUT2D eigenvalue weighted by atomic mass is 19.4. The predicted molar refractivity (Wildman–Crippen MR) is 125 cm³/mol. The monoisotopic (exact) mass is 516 g/mol. The normalized spacial score (nSPS) is 15.2. The van der Waals surface area contributed by atoms with Crippen LogP contribution in [-0.2, 0) is 12.8 Å². The first-order valence-corrected chi connectivity index (χ1v) is 11.4. The van der Waals surface area contributed by atoms with Crippen molar-refractivity contribution in [2.24, 2.45) is 0 Å². The molecule has 0 radical (unpaired) electrons. The first-order chi connectivity index (χ1) is 17.6. The molecule has 6 nitrogen and oxygen atoms in total. The Morgan fingerprint density at radius 2 is 1.92 bits per heavy atom. The van der Waals surface area contributed by atoms with Gasteiger partial charge in [-0.15, -0.1) is 0 Å². The molecule has 11 heteroatoms. The molecule has 0 saturated heterocycles. The predicted octanol–water partition coefficient (Wildman–Crippen LogP) is 5.81. The number of fused-ring (bicyclic) bond motifs is 2. The Morgan fingerprint density at radius 3 is 2.65 bits per heavy atom. The molecule has 1 unspecified atom stereocenters. The number of aryl methyl sites for hydroxylation is 1. The molecule has 5 rings (SSSR count). The largest absolute Gasteiger partial charge is 0.485 e. The summed E-state index contributed by atoms with van der Waals surface area (Å²) in [6, 6.07) is 9.40. The molecule has 0 saturated carbocycles. The van der Waals surface area contributed by atoms with E-state index in [9.17, 15) is 26.7 Å². The summed E-state index contributed by atoms with van der Waals surface area (Å²) in [5.74, 6) is -1.82. The number of anilines is 1. The number of carbonyl (C=O) groups excluding carboxylic acids is 1. The maximum atomic E-state index is 14.0. The Kier molecular flexibility index (Phi) is 6.22. The zero-order chi connectivity index (χ0) is 26.3. The van der Waals surface area contributed by atoms with Gasteiger partial charge in [-0.2, -0.15) is 13.2 Å². The first-order valence-electron chi connectivity index (χ1n) is 11.4. The average molecular weight is 516 g/mol. The van der Waals surface area contributed by atoms with Gasteiger partial charge in [0.1, 0.15) is 23.9 Å². The van der Waals surface area contributed by atoms with Crippen LogP contribution in [-0.4, -0.2) is 21.8 Å². The summed E-state index contributed by atoms with van der Waals surface area (Å²) in [6.45, 7) is 1.69. The highest BCUT2D eigenvalue weighted by Crippen LogP contribution is 2.37. The van der Waals surface area contributed by atoms with Gasteiger partial charge in [0.25, 0.3) is 5.91 Å². The Morgan fingerprint density at radius 1 is 1.16 bits per heavy atom. The lowest BCUT2D eigenvalue weighted by Gasteiger charge is -2.28. The lowest BCUT2D eigenvalue weighted by Crippen LogP contribution is -2.34. The quantitative estimate of drug-likeness (QED) is 0.329. The van der Waals surface area contributed by atoms with Crippen LogP contribution in [0.1, 0.15) is 45.3 Å². The summed E-state index contributed by atoms with van der Waals surface area (Å²) in [4.78, 5) is 17.7. The van der Waals surface area contributed by atoms with E-state index in [0.29, 0.717) is 29.9 Å². The van der Waals surface area contributed by atoms with Crippen LogP contribution in [0.15, 0.2) is 54.7 Å². The van der Waals surface area contributed by atoms with Crippen LogP contribution in [0.4, 0.5) is 27.6 Å². The zero-order valence-corrected chi connectivity index (χ0v) is 19.5. The van der Waals surface area contributed by atoms with Gasteiger partial charge >= 0.3 is 6.18 Å². The lowest BCUT2D eigenvalue weighted by atomic mass is 9.95. The van der Waals surface area contributed by atoms with Crippen molar-refractivity contribution in [3.05, 3.63) is 94.4 Å². The Bertz CT molecular complexity index is 1480. The molecule has 192 valence electrons. The fourth-order valence-electron chi connectivity index (χ4n) is 4.43. The number of carbonyl (C=O) groups is 1. The second-order valence-electron chi connectivity index (χ2n) is 8.64. The maximum Gasteiger partial charge on any atom is 0.416 e. The first kappa shape index (κ1) is 24.5. The number of imidazole rings is 1. The number of amides is 1. The van der Waals surface area contributed by atoms with Gasteiger partial charge in [-0.3, -0.25) is 9.20 Å². The number of benzene rings is 2. The Balaban J connectivity index is 1.42. The van der Waals surface area contributed by atoms with E-state index in [1.165, 1.54) is 16.5 Å². The van der Waals surface area contributed by atoms with Gasteiger partial charge < -0.3 is 15.4 Å². The molecule has 0 fully saturated rings. The minimum atomic E-state index is -4.51. The van der Waals surface area contributed by atoms with Crippen LogP contribution < -0.4 is 15.4 Å². The molecular formula is C26H21F5N4O2. The molecule has 0 bridgehead atoms. The third kappa shape index (κ3) is 4.68. The van der Waals surface area contributed by atoms with Crippen LogP contribution in [0.25, 0.3) is 5.65 Å². The van der Waals surface area contributed by atoms with Crippen molar-refractivity contribution in [3.8, 4) is 5.75 Å². The van der Waals surface area contributed by atoms with Gasteiger partial charge in [0, 0.05) is 18.4 Å². The lowest BCUT2D eigenvalue weighted by molar-refractivity contribution is -0.137. The van der Waals surface area contributed by atoms with Gasteiger partial charge in [0.15, 0.2) is 11.4 Å². The minimum Gasteiger partial charge on any atom is -0.485 e. The van der Waals surface area contributed by atoms with Crippen molar-refractivity contribution < 1.29 is 31.5 Å². The minimum absolute atomic E-state index is 0.171. The number of halogens is 5. The Hall–Kier alpha value is -4.15. The van der Waals surface area contributed by atoms with Crippen molar-refractivity contribution in [3.63, 3.8) is 0 Å². The highest BCUT2D eigenvalue weighted by Gasteiger charge is 2.33. The van der Waals surface area contributed by atoms with Gasteiger partial charge in [0.2, 0.25) is 0 Å². The Labute approximate surface area is 208 Å². The molecule has 0 spiro atoms. The number of ether oxygens (including phenoxy) is 1. The fourth-order valence-corrected chi connectivity index (χ4v) is 4.43. The average Bonchev–Trinajstić information content (AvgIpc) is 3.19. The molecule has 2 aromatic carbocycles. The van der Waals surface area contributed by atoms with Crippen molar-refractivity contribution in [2.45, 2.75) is 32.2 Å².